The van der Waals surface area contributed by atoms with Gasteiger partial charge in [0.05, 0.1) is 6.26 Å². The van der Waals surface area contributed by atoms with Crippen LogP contribution >= 0.6 is 0 Å². The number of hydrogen-bond acceptors (Lipinski definition) is 3. The smallest absolute Gasteiger partial charge is 0.208 e. The Morgan fingerprint density at radius 1 is 0.941 bits per heavy atom. The molecule has 0 radical (unpaired) electrons. The number of rotatable bonds is 11. The lowest BCUT2D eigenvalue weighted by atomic mass is 10.2. The molecule has 0 saturated heterocycles. The molecule has 104 valence electrons. The van der Waals surface area contributed by atoms with Gasteiger partial charge in [0.25, 0.3) is 0 Å². The van der Waals surface area contributed by atoms with Gasteiger partial charge in [-0.15, -0.1) is 0 Å². The molecule has 0 bridgehead atoms. The summed E-state index contributed by atoms with van der Waals surface area (Å²) < 4.78 is 24.3. The van der Waals surface area contributed by atoms with E-state index in [0.717, 1.165) is 26.1 Å². The van der Waals surface area contributed by atoms with Gasteiger partial charge in [0.15, 0.2) is 0 Å². The fraction of sp³-hybridized carbons (Fsp3) is 1.00. The molecular weight excluding hydrogens is 236 g/mol. The van der Waals surface area contributed by atoms with Crippen molar-refractivity contribution in [3.05, 3.63) is 0 Å². The molecule has 0 heterocycles. The zero-order valence-electron chi connectivity index (χ0n) is 11.5. The van der Waals surface area contributed by atoms with E-state index in [1.54, 1.807) is 0 Å². The Morgan fingerprint density at radius 3 is 1.82 bits per heavy atom. The van der Waals surface area contributed by atoms with Crippen LogP contribution in [0.15, 0.2) is 0 Å². The van der Waals surface area contributed by atoms with Crippen LogP contribution in [0.1, 0.15) is 46.0 Å². The molecule has 0 atom stereocenters. The van der Waals surface area contributed by atoms with Gasteiger partial charge in [-0.2, -0.15) is 0 Å². The molecule has 0 amide bonds. The van der Waals surface area contributed by atoms with Gasteiger partial charge in [-0.3, -0.25) is 0 Å². The van der Waals surface area contributed by atoms with E-state index in [4.69, 9.17) is 0 Å². The highest BCUT2D eigenvalue weighted by molar-refractivity contribution is 7.88. The van der Waals surface area contributed by atoms with E-state index >= 15 is 0 Å². The SMILES string of the molecule is CCCCN(CCCC)CCCNS(C)(=O)=O. The molecular formula is C12H28N2O2S. The van der Waals surface area contributed by atoms with Crippen LogP contribution < -0.4 is 4.72 Å². The largest absolute Gasteiger partial charge is 0.303 e. The molecule has 0 unspecified atom stereocenters. The molecule has 1 N–H and O–H groups in total. The molecule has 0 saturated carbocycles. The summed E-state index contributed by atoms with van der Waals surface area (Å²) in [4.78, 5) is 2.44. The quantitative estimate of drug-likeness (QED) is 0.579. The molecule has 0 aliphatic rings. The third-order valence-electron chi connectivity index (χ3n) is 2.67. The van der Waals surface area contributed by atoms with Gasteiger partial charge in [-0.25, -0.2) is 13.1 Å². The van der Waals surface area contributed by atoms with Crippen LogP contribution in [0, 0.1) is 0 Å². The van der Waals surface area contributed by atoms with Crippen molar-refractivity contribution in [2.45, 2.75) is 46.0 Å². The first-order valence-corrected chi connectivity index (χ1v) is 8.55. The van der Waals surface area contributed by atoms with Crippen LogP contribution in [0.5, 0.6) is 0 Å². The Balaban J connectivity index is 3.74. The minimum absolute atomic E-state index is 0.549. The van der Waals surface area contributed by atoms with Crippen LogP contribution in [0.25, 0.3) is 0 Å². The van der Waals surface area contributed by atoms with E-state index in [1.165, 1.54) is 31.9 Å². The molecule has 0 aromatic heterocycles. The van der Waals surface area contributed by atoms with Gasteiger partial charge in [0.1, 0.15) is 0 Å². The van der Waals surface area contributed by atoms with E-state index in [-0.39, 0.29) is 0 Å². The van der Waals surface area contributed by atoms with Gasteiger partial charge in [-0.1, -0.05) is 26.7 Å². The van der Waals surface area contributed by atoms with Crippen molar-refractivity contribution in [2.24, 2.45) is 0 Å². The van der Waals surface area contributed by atoms with Crippen molar-refractivity contribution < 1.29 is 8.42 Å². The Morgan fingerprint density at radius 2 is 1.41 bits per heavy atom. The second-order valence-electron chi connectivity index (χ2n) is 4.57. The molecule has 0 aliphatic carbocycles. The fourth-order valence-electron chi connectivity index (χ4n) is 1.66. The van der Waals surface area contributed by atoms with Crippen molar-refractivity contribution in [3.8, 4) is 0 Å². The van der Waals surface area contributed by atoms with Crippen molar-refractivity contribution >= 4 is 10.0 Å². The summed E-state index contributed by atoms with van der Waals surface area (Å²) in [5.41, 5.74) is 0. The first kappa shape index (κ1) is 16.9. The van der Waals surface area contributed by atoms with E-state index in [9.17, 15) is 8.42 Å². The average molecular weight is 264 g/mol. The predicted molar refractivity (Wildman–Crippen MR) is 73.7 cm³/mol. The summed E-state index contributed by atoms with van der Waals surface area (Å²) in [6, 6.07) is 0. The molecule has 0 fully saturated rings. The molecule has 17 heavy (non-hydrogen) atoms. The summed E-state index contributed by atoms with van der Waals surface area (Å²) in [5, 5.41) is 0. The van der Waals surface area contributed by atoms with E-state index < -0.39 is 10.0 Å². The average Bonchev–Trinajstić information content (AvgIpc) is 2.25. The molecule has 4 nitrogen and oxygen atoms in total. The summed E-state index contributed by atoms with van der Waals surface area (Å²) in [6.07, 6.45) is 6.97. The summed E-state index contributed by atoms with van der Waals surface area (Å²) in [7, 11) is -3.02. The second-order valence-corrected chi connectivity index (χ2v) is 6.40. The number of nitrogens with one attached hydrogen (secondary N) is 1. The highest BCUT2D eigenvalue weighted by Crippen LogP contribution is 2.00. The monoisotopic (exact) mass is 264 g/mol. The first-order valence-electron chi connectivity index (χ1n) is 6.66. The van der Waals surface area contributed by atoms with Gasteiger partial charge in [0.2, 0.25) is 10.0 Å². The highest BCUT2D eigenvalue weighted by atomic mass is 32.2. The van der Waals surface area contributed by atoms with Crippen LogP contribution in [0.2, 0.25) is 0 Å². The van der Waals surface area contributed by atoms with Gasteiger partial charge in [-0.05, 0) is 38.9 Å². The molecule has 0 aliphatic heterocycles. The second kappa shape index (κ2) is 9.85. The lowest BCUT2D eigenvalue weighted by Gasteiger charge is -2.21. The Bertz CT molecular complexity index is 258. The number of sulfonamides is 1. The molecule has 0 rings (SSSR count). The number of nitrogens with zero attached hydrogens (tertiary/aromatic N) is 1. The van der Waals surface area contributed by atoms with E-state index in [2.05, 4.69) is 23.5 Å². The van der Waals surface area contributed by atoms with E-state index in [0.29, 0.717) is 6.54 Å². The molecule has 5 heteroatoms. The van der Waals surface area contributed by atoms with Crippen LogP contribution in [-0.2, 0) is 10.0 Å². The zero-order chi connectivity index (χ0) is 13.1. The highest BCUT2D eigenvalue weighted by Gasteiger charge is 2.04. The standard InChI is InChI=1S/C12H28N2O2S/c1-4-6-10-14(11-7-5-2)12-8-9-13-17(3,15)16/h13H,4-12H2,1-3H3. The molecule has 0 aromatic rings. The van der Waals surface area contributed by atoms with Crippen LogP contribution in [0.4, 0.5) is 0 Å². The van der Waals surface area contributed by atoms with Gasteiger partial charge >= 0.3 is 0 Å². The Labute approximate surface area is 107 Å². The Hall–Kier alpha value is -0.130. The summed E-state index contributed by atoms with van der Waals surface area (Å²) in [5.74, 6) is 0. The first-order chi connectivity index (χ1) is 7.99. The topological polar surface area (TPSA) is 49.4 Å². The number of unbranched alkanes of at least 4 members (excludes halogenated alkanes) is 2. The summed E-state index contributed by atoms with van der Waals surface area (Å²) >= 11 is 0. The maximum absolute atomic E-state index is 10.9. The third kappa shape index (κ3) is 12.1. The normalized spacial score (nSPS) is 12.2. The van der Waals surface area contributed by atoms with E-state index in [1.807, 2.05) is 0 Å². The van der Waals surface area contributed by atoms with Crippen molar-refractivity contribution in [2.75, 3.05) is 32.4 Å². The van der Waals surface area contributed by atoms with Gasteiger partial charge < -0.3 is 4.90 Å². The van der Waals surface area contributed by atoms with Crippen LogP contribution in [-0.4, -0.2) is 45.8 Å². The van der Waals surface area contributed by atoms with Gasteiger partial charge in [0, 0.05) is 6.54 Å². The maximum Gasteiger partial charge on any atom is 0.208 e. The third-order valence-corrected chi connectivity index (χ3v) is 3.40. The maximum atomic E-state index is 10.9. The minimum Gasteiger partial charge on any atom is -0.303 e. The van der Waals surface area contributed by atoms with Crippen molar-refractivity contribution in [1.29, 1.82) is 0 Å². The lowest BCUT2D eigenvalue weighted by molar-refractivity contribution is 0.262. The minimum atomic E-state index is -3.02. The lowest BCUT2D eigenvalue weighted by Crippen LogP contribution is -2.31. The molecule has 0 aromatic carbocycles. The van der Waals surface area contributed by atoms with Crippen molar-refractivity contribution in [3.63, 3.8) is 0 Å². The number of hydrogen-bond donors (Lipinski definition) is 1. The molecule has 0 spiro atoms. The van der Waals surface area contributed by atoms with Crippen LogP contribution in [0.3, 0.4) is 0 Å². The van der Waals surface area contributed by atoms with Crippen molar-refractivity contribution in [1.82, 2.24) is 9.62 Å². The fourth-order valence-corrected chi connectivity index (χ4v) is 2.17. The zero-order valence-corrected chi connectivity index (χ0v) is 12.4. The predicted octanol–water partition coefficient (Wildman–Crippen LogP) is 1.83. The Kier molecular flexibility index (Phi) is 9.78. The summed E-state index contributed by atoms with van der Waals surface area (Å²) in [6.45, 7) is 8.20.